The Balaban J connectivity index is 1.98. The van der Waals surface area contributed by atoms with Crippen LogP contribution in [0.4, 0.5) is 0 Å². The molecule has 0 spiro atoms. The maximum Gasteiger partial charge on any atom is 0.0645 e. The number of aromatic nitrogens is 2. The first-order valence-corrected chi connectivity index (χ1v) is 7.07. The molecule has 0 saturated carbocycles. The van der Waals surface area contributed by atoms with Crippen molar-refractivity contribution in [3.05, 3.63) is 48.3 Å². The topological polar surface area (TPSA) is 33.1 Å². The molecule has 0 radical (unpaired) electrons. The number of benzene rings is 1. The maximum atomic E-state index is 4.44. The van der Waals surface area contributed by atoms with Gasteiger partial charge in [-0.25, -0.2) is 4.68 Å². The van der Waals surface area contributed by atoms with Gasteiger partial charge >= 0.3 is 0 Å². The first-order valence-electron chi connectivity index (χ1n) is 7.07. The van der Waals surface area contributed by atoms with Gasteiger partial charge in [0.15, 0.2) is 0 Å². The fourth-order valence-electron chi connectivity index (χ4n) is 1.93. The lowest BCUT2D eigenvalue weighted by molar-refractivity contribution is 0.295. The third kappa shape index (κ3) is 3.68. The third-order valence-corrected chi connectivity index (χ3v) is 3.72. The lowest BCUT2D eigenvalue weighted by Crippen LogP contribution is -2.36. The Bertz CT molecular complexity index is 518. The minimum Gasteiger partial charge on any atom is -0.309 e. The molecule has 1 aromatic carbocycles. The predicted octanol–water partition coefficient (Wildman–Crippen LogP) is 2.47. The van der Waals surface area contributed by atoms with Gasteiger partial charge in [0, 0.05) is 30.4 Å². The molecule has 4 nitrogen and oxygen atoms in total. The van der Waals surface area contributed by atoms with Crippen LogP contribution in [0.3, 0.4) is 0 Å². The molecular weight excluding hydrogens is 248 g/mol. The summed E-state index contributed by atoms with van der Waals surface area (Å²) in [5.41, 5.74) is 2.30. The van der Waals surface area contributed by atoms with Crippen LogP contribution in [-0.2, 0) is 0 Å². The average Bonchev–Trinajstić information content (AvgIpc) is 2.95. The summed E-state index contributed by atoms with van der Waals surface area (Å²) in [5, 5.41) is 7.99. The molecule has 0 amide bonds. The van der Waals surface area contributed by atoms with Crippen LogP contribution in [0.1, 0.15) is 25.5 Å². The quantitative estimate of drug-likeness (QED) is 0.877. The molecule has 2 rings (SSSR count). The molecule has 1 aromatic heterocycles. The molecule has 1 N–H and O–H groups in total. The van der Waals surface area contributed by atoms with Crippen LogP contribution < -0.4 is 5.32 Å². The smallest absolute Gasteiger partial charge is 0.0645 e. The highest BCUT2D eigenvalue weighted by molar-refractivity contribution is 5.31. The Morgan fingerprint density at radius 1 is 1.20 bits per heavy atom. The van der Waals surface area contributed by atoms with Crippen molar-refractivity contribution in [1.82, 2.24) is 20.0 Å². The summed E-state index contributed by atoms with van der Waals surface area (Å²) < 4.78 is 1.92. The van der Waals surface area contributed by atoms with Gasteiger partial charge < -0.3 is 10.2 Å². The Labute approximate surface area is 121 Å². The van der Waals surface area contributed by atoms with E-state index in [4.69, 9.17) is 0 Å². The molecule has 2 aromatic rings. The fraction of sp³-hybridized carbons (Fsp3) is 0.438. The number of nitrogens with one attached hydrogen (secondary N) is 1. The zero-order chi connectivity index (χ0) is 14.5. The van der Waals surface area contributed by atoms with Crippen molar-refractivity contribution >= 4 is 0 Å². The van der Waals surface area contributed by atoms with Crippen LogP contribution in [0.5, 0.6) is 0 Å². The number of hydrogen-bond acceptors (Lipinski definition) is 3. The summed E-state index contributed by atoms with van der Waals surface area (Å²) in [6.45, 7) is 5.35. The van der Waals surface area contributed by atoms with Crippen LogP contribution >= 0.6 is 0 Å². The number of rotatable bonds is 6. The molecular formula is C16H24N4. The van der Waals surface area contributed by atoms with Crippen molar-refractivity contribution < 1.29 is 0 Å². The second-order valence-electron chi connectivity index (χ2n) is 5.50. The number of nitrogens with zero attached hydrogens (tertiary/aromatic N) is 3. The first-order chi connectivity index (χ1) is 9.58. The molecule has 0 aliphatic heterocycles. The molecule has 2 atom stereocenters. The van der Waals surface area contributed by atoms with Crippen LogP contribution in [0, 0.1) is 0 Å². The zero-order valence-electron chi connectivity index (χ0n) is 12.7. The molecule has 20 heavy (non-hydrogen) atoms. The van der Waals surface area contributed by atoms with Crippen LogP contribution in [0.15, 0.2) is 42.7 Å². The molecule has 0 aliphatic rings. The second kappa shape index (κ2) is 6.68. The summed E-state index contributed by atoms with van der Waals surface area (Å²) in [4.78, 5) is 2.22. The van der Waals surface area contributed by atoms with E-state index in [1.807, 2.05) is 29.1 Å². The highest BCUT2D eigenvalue weighted by atomic mass is 15.3. The van der Waals surface area contributed by atoms with Crippen molar-refractivity contribution in [2.75, 3.05) is 20.6 Å². The van der Waals surface area contributed by atoms with Gasteiger partial charge in [-0.15, -0.1) is 0 Å². The molecule has 0 saturated heterocycles. The van der Waals surface area contributed by atoms with E-state index in [-0.39, 0.29) is 0 Å². The van der Waals surface area contributed by atoms with E-state index in [1.54, 1.807) is 0 Å². The summed E-state index contributed by atoms with van der Waals surface area (Å²) in [6.07, 6.45) is 4.03. The number of hydrogen-bond donors (Lipinski definition) is 1. The van der Waals surface area contributed by atoms with Gasteiger partial charge in [0.05, 0.1) is 11.9 Å². The van der Waals surface area contributed by atoms with Gasteiger partial charge in [0.2, 0.25) is 0 Å². The summed E-state index contributed by atoms with van der Waals surface area (Å²) in [7, 11) is 4.20. The van der Waals surface area contributed by atoms with Crippen LogP contribution in [0.2, 0.25) is 0 Å². The van der Waals surface area contributed by atoms with Crippen molar-refractivity contribution in [3.8, 4) is 5.69 Å². The minimum atomic E-state index is 0.301. The molecule has 1 heterocycles. The average molecular weight is 272 g/mol. The van der Waals surface area contributed by atoms with Crippen LogP contribution in [-0.4, -0.2) is 41.4 Å². The van der Waals surface area contributed by atoms with Crippen molar-refractivity contribution in [2.45, 2.75) is 25.9 Å². The summed E-state index contributed by atoms with van der Waals surface area (Å²) in [5.74, 6) is 0. The minimum absolute atomic E-state index is 0.301. The van der Waals surface area contributed by atoms with Crippen molar-refractivity contribution in [3.63, 3.8) is 0 Å². The third-order valence-electron chi connectivity index (χ3n) is 3.72. The van der Waals surface area contributed by atoms with E-state index in [0.29, 0.717) is 12.1 Å². The molecule has 0 fully saturated rings. The highest BCUT2D eigenvalue weighted by Crippen LogP contribution is 2.14. The normalized spacial score (nSPS) is 14.4. The Kier molecular flexibility index (Phi) is 4.93. The molecule has 0 bridgehead atoms. The Morgan fingerprint density at radius 2 is 1.90 bits per heavy atom. The lowest BCUT2D eigenvalue weighted by atomic mass is 10.2. The molecule has 108 valence electrons. The van der Waals surface area contributed by atoms with E-state index in [1.165, 1.54) is 5.56 Å². The first kappa shape index (κ1) is 14.8. The van der Waals surface area contributed by atoms with Crippen LogP contribution in [0.25, 0.3) is 5.69 Å². The van der Waals surface area contributed by atoms with E-state index in [2.05, 4.69) is 61.6 Å². The van der Waals surface area contributed by atoms with E-state index in [0.717, 1.165) is 12.2 Å². The van der Waals surface area contributed by atoms with Crippen molar-refractivity contribution in [1.29, 1.82) is 0 Å². The SMILES string of the molecule is CC(NCC(C)N(C)C)c1cnn(-c2ccccc2)c1. The van der Waals surface area contributed by atoms with Crippen molar-refractivity contribution in [2.24, 2.45) is 0 Å². The van der Waals surface area contributed by atoms with Gasteiger partial charge in [-0.05, 0) is 40.1 Å². The Morgan fingerprint density at radius 3 is 2.55 bits per heavy atom. The van der Waals surface area contributed by atoms with E-state index in [9.17, 15) is 0 Å². The van der Waals surface area contributed by atoms with Gasteiger partial charge in [0.25, 0.3) is 0 Å². The highest BCUT2D eigenvalue weighted by Gasteiger charge is 2.11. The zero-order valence-corrected chi connectivity index (χ0v) is 12.7. The summed E-state index contributed by atoms with van der Waals surface area (Å²) >= 11 is 0. The monoisotopic (exact) mass is 272 g/mol. The van der Waals surface area contributed by atoms with Gasteiger partial charge in [-0.2, -0.15) is 5.10 Å². The number of para-hydroxylation sites is 1. The second-order valence-corrected chi connectivity index (χ2v) is 5.50. The molecule has 4 heteroatoms. The predicted molar refractivity (Wildman–Crippen MR) is 83.1 cm³/mol. The molecule has 0 aliphatic carbocycles. The summed E-state index contributed by atoms with van der Waals surface area (Å²) in [6, 6.07) is 11.0. The lowest BCUT2D eigenvalue weighted by Gasteiger charge is -2.22. The maximum absolute atomic E-state index is 4.44. The standard InChI is InChI=1S/C16H24N4/c1-13(19(3)4)10-17-14(2)15-11-18-20(12-15)16-8-6-5-7-9-16/h5-9,11-14,17H,10H2,1-4H3. The van der Waals surface area contributed by atoms with E-state index >= 15 is 0 Å². The largest absolute Gasteiger partial charge is 0.309 e. The number of likely N-dealkylation sites (N-methyl/N-ethyl adjacent to an activating group) is 1. The van der Waals surface area contributed by atoms with Gasteiger partial charge in [0.1, 0.15) is 0 Å². The van der Waals surface area contributed by atoms with Gasteiger partial charge in [-0.1, -0.05) is 18.2 Å². The fourth-order valence-corrected chi connectivity index (χ4v) is 1.93. The van der Waals surface area contributed by atoms with E-state index < -0.39 is 0 Å². The molecule has 2 unspecified atom stereocenters. The Hall–Kier alpha value is -1.65. The van der Waals surface area contributed by atoms with Gasteiger partial charge in [-0.3, -0.25) is 0 Å².